The summed E-state index contributed by atoms with van der Waals surface area (Å²) < 4.78 is 5.69. The van der Waals surface area contributed by atoms with Crippen LogP contribution in [0.1, 0.15) is 19.5 Å². The first-order valence-corrected chi connectivity index (χ1v) is 6.00. The van der Waals surface area contributed by atoms with Crippen molar-refractivity contribution in [3.63, 3.8) is 0 Å². The molecule has 0 aromatic carbocycles. The zero-order valence-corrected chi connectivity index (χ0v) is 10.4. The number of ether oxygens (including phenoxy) is 1. The lowest BCUT2D eigenvalue weighted by Gasteiger charge is -2.35. The molecule has 1 saturated heterocycles. The van der Waals surface area contributed by atoms with E-state index in [2.05, 4.69) is 23.7 Å². The lowest BCUT2D eigenvalue weighted by Crippen LogP contribution is -2.44. The van der Waals surface area contributed by atoms with Crippen LogP contribution in [0.5, 0.6) is 0 Å². The summed E-state index contributed by atoms with van der Waals surface area (Å²) >= 11 is 5.87. The maximum Gasteiger partial charge on any atom is 0.129 e. The molecule has 0 amide bonds. The second-order valence-electron chi connectivity index (χ2n) is 4.40. The van der Waals surface area contributed by atoms with Crippen LogP contribution >= 0.6 is 11.6 Å². The number of hydrogen-bond acceptors (Lipinski definition) is 3. The molecule has 0 unspecified atom stereocenters. The third kappa shape index (κ3) is 3.17. The highest BCUT2D eigenvalue weighted by Crippen LogP contribution is 2.14. The van der Waals surface area contributed by atoms with Crippen molar-refractivity contribution < 1.29 is 4.74 Å². The van der Waals surface area contributed by atoms with E-state index in [-0.39, 0.29) is 0 Å². The van der Waals surface area contributed by atoms with E-state index in [4.69, 9.17) is 16.3 Å². The van der Waals surface area contributed by atoms with E-state index in [1.54, 1.807) is 6.07 Å². The fraction of sp³-hybridized carbons (Fsp3) is 0.583. The third-order valence-electron chi connectivity index (χ3n) is 2.65. The van der Waals surface area contributed by atoms with Crippen molar-refractivity contribution >= 4 is 11.6 Å². The van der Waals surface area contributed by atoms with Crippen LogP contribution in [0.25, 0.3) is 0 Å². The number of rotatable bonds is 2. The van der Waals surface area contributed by atoms with E-state index in [1.807, 2.05) is 12.1 Å². The molecular formula is C12H17ClN2O. The highest BCUT2D eigenvalue weighted by atomic mass is 35.5. The predicted octanol–water partition coefficient (Wildman–Crippen LogP) is 2.34. The Hall–Kier alpha value is -0.640. The molecule has 0 bridgehead atoms. The van der Waals surface area contributed by atoms with Crippen LogP contribution in [0, 0.1) is 0 Å². The van der Waals surface area contributed by atoms with Gasteiger partial charge in [0.2, 0.25) is 0 Å². The Labute approximate surface area is 101 Å². The van der Waals surface area contributed by atoms with Gasteiger partial charge in [0.1, 0.15) is 5.15 Å². The molecule has 2 rings (SSSR count). The number of pyridine rings is 1. The van der Waals surface area contributed by atoms with E-state index >= 15 is 0 Å². The zero-order chi connectivity index (χ0) is 11.5. The van der Waals surface area contributed by atoms with E-state index in [9.17, 15) is 0 Å². The summed E-state index contributed by atoms with van der Waals surface area (Å²) in [5.74, 6) is 0. The Kier molecular flexibility index (Phi) is 3.79. The number of hydrogen-bond donors (Lipinski definition) is 0. The van der Waals surface area contributed by atoms with Crippen LogP contribution in [-0.4, -0.2) is 35.2 Å². The Morgan fingerprint density at radius 2 is 2.06 bits per heavy atom. The minimum Gasteiger partial charge on any atom is -0.373 e. The van der Waals surface area contributed by atoms with Gasteiger partial charge in [0, 0.05) is 19.6 Å². The van der Waals surface area contributed by atoms with Gasteiger partial charge in [-0.2, -0.15) is 0 Å². The standard InChI is InChI=1S/C12H17ClN2O/c1-9-6-15(7-10(2)16-9)8-11-4-3-5-12(13)14-11/h3-5,9-10H,6-8H2,1-2H3/t9-,10+. The highest BCUT2D eigenvalue weighted by molar-refractivity contribution is 6.29. The molecule has 2 heterocycles. The van der Waals surface area contributed by atoms with E-state index in [0.29, 0.717) is 17.4 Å². The van der Waals surface area contributed by atoms with E-state index < -0.39 is 0 Å². The van der Waals surface area contributed by atoms with Crippen LogP contribution in [-0.2, 0) is 11.3 Å². The molecule has 0 spiro atoms. The number of morpholine rings is 1. The summed E-state index contributed by atoms with van der Waals surface area (Å²) in [6, 6.07) is 5.75. The molecule has 1 fully saturated rings. The summed E-state index contributed by atoms with van der Waals surface area (Å²) in [7, 11) is 0. The van der Waals surface area contributed by atoms with Crippen LogP contribution in [0.15, 0.2) is 18.2 Å². The first-order chi connectivity index (χ1) is 7.63. The average molecular weight is 241 g/mol. The molecule has 4 heteroatoms. The molecule has 0 N–H and O–H groups in total. The molecular weight excluding hydrogens is 224 g/mol. The minimum absolute atomic E-state index is 0.294. The lowest BCUT2D eigenvalue weighted by molar-refractivity contribution is -0.0707. The first kappa shape index (κ1) is 11.8. The Bertz CT molecular complexity index is 349. The van der Waals surface area contributed by atoms with Gasteiger partial charge < -0.3 is 4.74 Å². The van der Waals surface area contributed by atoms with Gasteiger partial charge in [-0.15, -0.1) is 0 Å². The third-order valence-corrected chi connectivity index (χ3v) is 2.86. The van der Waals surface area contributed by atoms with Crippen molar-refractivity contribution in [3.05, 3.63) is 29.0 Å². The van der Waals surface area contributed by atoms with Crippen LogP contribution in [0.4, 0.5) is 0 Å². The van der Waals surface area contributed by atoms with Gasteiger partial charge in [-0.3, -0.25) is 4.90 Å². The second-order valence-corrected chi connectivity index (χ2v) is 4.79. The summed E-state index contributed by atoms with van der Waals surface area (Å²) in [6.45, 7) is 6.97. The first-order valence-electron chi connectivity index (χ1n) is 5.63. The van der Waals surface area contributed by atoms with E-state index in [1.165, 1.54) is 0 Å². The molecule has 2 atom stereocenters. The van der Waals surface area contributed by atoms with Gasteiger partial charge in [-0.05, 0) is 26.0 Å². The largest absolute Gasteiger partial charge is 0.373 e. The average Bonchev–Trinajstić information content (AvgIpc) is 2.15. The van der Waals surface area contributed by atoms with Gasteiger partial charge >= 0.3 is 0 Å². The second kappa shape index (κ2) is 5.13. The van der Waals surface area contributed by atoms with Crippen molar-refractivity contribution in [1.29, 1.82) is 0 Å². The maximum absolute atomic E-state index is 5.87. The van der Waals surface area contributed by atoms with Crippen molar-refractivity contribution in [2.45, 2.75) is 32.6 Å². The molecule has 0 aliphatic carbocycles. The molecule has 1 aromatic heterocycles. The summed E-state index contributed by atoms with van der Waals surface area (Å²) in [6.07, 6.45) is 0.589. The fourth-order valence-electron chi connectivity index (χ4n) is 2.18. The number of aromatic nitrogens is 1. The Balaban J connectivity index is 1.98. The smallest absolute Gasteiger partial charge is 0.129 e. The van der Waals surface area contributed by atoms with Crippen molar-refractivity contribution in [1.82, 2.24) is 9.88 Å². The normalized spacial score (nSPS) is 26.9. The number of nitrogens with zero attached hydrogens (tertiary/aromatic N) is 2. The quantitative estimate of drug-likeness (QED) is 0.742. The van der Waals surface area contributed by atoms with Crippen LogP contribution in [0.2, 0.25) is 5.15 Å². The van der Waals surface area contributed by atoms with Crippen LogP contribution in [0.3, 0.4) is 0 Å². The molecule has 88 valence electrons. The van der Waals surface area contributed by atoms with E-state index in [0.717, 1.165) is 25.3 Å². The van der Waals surface area contributed by atoms with Crippen molar-refractivity contribution in [2.24, 2.45) is 0 Å². The summed E-state index contributed by atoms with van der Waals surface area (Å²) in [5, 5.41) is 0.562. The SMILES string of the molecule is C[C@@H]1CN(Cc2cccc(Cl)n2)C[C@H](C)O1. The van der Waals surface area contributed by atoms with Crippen LogP contribution < -0.4 is 0 Å². The van der Waals surface area contributed by atoms with Crippen molar-refractivity contribution in [3.8, 4) is 0 Å². The van der Waals surface area contributed by atoms with Gasteiger partial charge in [0.25, 0.3) is 0 Å². The Morgan fingerprint density at radius 3 is 2.69 bits per heavy atom. The number of halogens is 1. The molecule has 1 aliphatic heterocycles. The molecule has 1 aliphatic rings. The molecule has 0 radical (unpaired) electrons. The summed E-state index contributed by atoms with van der Waals surface area (Å²) in [5.41, 5.74) is 1.02. The Morgan fingerprint density at radius 1 is 1.38 bits per heavy atom. The van der Waals surface area contributed by atoms with Crippen molar-refractivity contribution in [2.75, 3.05) is 13.1 Å². The topological polar surface area (TPSA) is 25.4 Å². The predicted molar refractivity (Wildman–Crippen MR) is 64.5 cm³/mol. The monoisotopic (exact) mass is 240 g/mol. The van der Waals surface area contributed by atoms with Gasteiger partial charge in [-0.1, -0.05) is 17.7 Å². The minimum atomic E-state index is 0.294. The fourth-order valence-corrected chi connectivity index (χ4v) is 2.36. The van der Waals surface area contributed by atoms with Gasteiger partial charge in [0.05, 0.1) is 17.9 Å². The molecule has 3 nitrogen and oxygen atoms in total. The van der Waals surface area contributed by atoms with Gasteiger partial charge in [0.15, 0.2) is 0 Å². The highest BCUT2D eigenvalue weighted by Gasteiger charge is 2.22. The molecule has 0 saturated carbocycles. The lowest BCUT2D eigenvalue weighted by atomic mass is 10.2. The van der Waals surface area contributed by atoms with Gasteiger partial charge in [-0.25, -0.2) is 4.98 Å². The molecule has 16 heavy (non-hydrogen) atoms. The maximum atomic E-state index is 5.87. The summed E-state index contributed by atoms with van der Waals surface area (Å²) in [4.78, 5) is 6.66. The molecule has 1 aromatic rings. The zero-order valence-electron chi connectivity index (χ0n) is 9.69.